The maximum absolute atomic E-state index is 10.8. The molecule has 0 aliphatic carbocycles. The van der Waals surface area contributed by atoms with Crippen LogP contribution in [0.5, 0.6) is 0 Å². The number of rotatable bonds is 3. The summed E-state index contributed by atoms with van der Waals surface area (Å²) in [5, 5.41) is 9.52. The Balaban J connectivity index is 2.30. The number of aromatic nitrogens is 1. The van der Waals surface area contributed by atoms with Crippen LogP contribution >= 0.6 is 11.3 Å². The summed E-state index contributed by atoms with van der Waals surface area (Å²) in [6.07, 6.45) is 1.38. The summed E-state index contributed by atoms with van der Waals surface area (Å²) in [7, 11) is 1.87. The fraction of sp³-hybridized carbons (Fsp3) is 0.167. The number of carboxylic acid groups (broad SMARTS) is 1. The Bertz CT molecular complexity index is 551. The first-order chi connectivity index (χ1) is 8.08. The van der Waals surface area contributed by atoms with Crippen molar-refractivity contribution in [2.45, 2.75) is 6.92 Å². The molecule has 0 atom stereocenters. The van der Waals surface area contributed by atoms with Gasteiger partial charge in [-0.05, 0) is 24.6 Å². The first kappa shape index (κ1) is 11.6. The van der Waals surface area contributed by atoms with Gasteiger partial charge in [-0.2, -0.15) is 0 Å². The third-order valence-electron chi connectivity index (χ3n) is 2.38. The lowest BCUT2D eigenvalue weighted by atomic mass is 10.2. The number of hydrogen-bond donors (Lipinski definition) is 1. The van der Waals surface area contributed by atoms with Crippen molar-refractivity contribution in [2.75, 3.05) is 11.9 Å². The minimum atomic E-state index is -0.939. The summed E-state index contributed by atoms with van der Waals surface area (Å²) in [6.45, 7) is 2.02. The van der Waals surface area contributed by atoms with E-state index >= 15 is 0 Å². The number of nitrogens with zero attached hydrogens (tertiary/aromatic N) is 2. The summed E-state index contributed by atoms with van der Waals surface area (Å²) >= 11 is 1.17. The molecule has 5 heteroatoms. The van der Waals surface area contributed by atoms with E-state index in [-0.39, 0.29) is 4.88 Å². The highest BCUT2D eigenvalue weighted by Gasteiger charge is 2.12. The lowest BCUT2D eigenvalue weighted by Crippen LogP contribution is -2.08. The van der Waals surface area contributed by atoms with Crippen molar-refractivity contribution >= 4 is 28.1 Å². The van der Waals surface area contributed by atoms with Crippen molar-refractivity contribution in [1.29, 1.82) is 0 Å². The van der Waals surface area contributed by atoms with E-state index in [2.05, 4.69) is 4.98 Å². The van der Waals surface area contributed by atoms with Gasteiger partial charge in [0.1, 0.15) is 4.88 Å². The fourth-order valence-corrected chi connectivity index (χ4v) is 2.20. The second-order valence-electron chi connectivity index (χ2n) is 3.71. The average Bonchev–Trinajstić information content (AvgIpc) is 2.77. The van der Waals surface area contributed by atoms with Crippen LogP contribution in [-0.2, 0) is 0 Å². The standard InChI is InChI=1S/C12H12N2O2S/c1-8-4-3-5-9(6-8)14(2)12-13-7-10(17-12)11(15)16/h3-7H,1-2H3,(H,15,16). The van der Waals surface area contributed by atoms with Crippen molar-refractivity contribution in [3.63, 3.8) is 0 Å². The van der Waals surface area contributed by atoms with E-state index in [1.165, 1.54) is 17.5 Å². The first-order valence-corrected chi connectivity index (χ1v) is 5.89. The van der Waals surface area contributed by atoms with Crippen LogP contribution in [0.3, 0.4) is 0 Å². The maximum atomic E-state index is 10.8. The summed E-state index contributed by atoms with van der Waals surface area (Å²) in [4.78, 5) is 17.0. The molecular weight excluding hydrogens is 236 g/mol. The van der Waals surface area contributed by atoms with Crippen LogP contribution < -0.4 is 4.90 Å². The van der Waals surface area contributed by atoms with E-state index in [9.17, 15) is 4.79 Å². The van der Waals surface area contributed by atoms with Crippen molar-refractivity contribution in [3.8, 4) is 0 Å². The molecule has 0 spiro atoms. The molecule has 2 aromatic rings. The molecule has 1 N–H and O–H groups in total. The maximum Gasteiger partial charge on any atom is 0.347 e. The van der Waals surface area contributed by atoms with Crippen molar-refractivity contribution in [1.82, 2.24) is 4.98 Å². The Labute approximate surface area is 103 Å². The molecule has 0 aliphatic rings. The molecule has 4 nitrogen and oxygen atoms in total. The molecule has 0 aliphatic heterocycles. The molecule has 0 bridgehead atoms. The van der Waals surface area contributed by atoms with Crippen LogP contribution in [0.4, 0.5) is 10.8 Å². The molecule has 88 valence electrons. The van der Waals surface area contributed by atoms with Crippen molar-refractivity contribution in [2.24, 2.45) is 0 Å². The zero-order chi connectivity index (χ0) is 12.4. The van der Waals surface area contributed by atoms with Gasteiger partial charge in [-0.1, -0.05) is 23.5 Å². The molecule has 0 radical (unpaired) electrons. The Morgan fingerprint density at radius 2 is 2.24 bits per heavy atom. The van der Waals surface area contributed by atoms with Crippen LogP contribution in [0, 0.1) is 6.92 Å². The Hall–Kier alpha value is -1.88. The number of carbonyl (C=O) groups is 1. The Kier molecular flexibility index (Phi) is 3.10. The second-order valence-corrected chi connectivity index (χ2v) is 4.72. The SMILES string of the molecule is Cc1cccc(N(C)c2ncc(C(=O)O)s2)c1. The van der Waals surface area contributed by atoms with Gasteiger partial charge in [-0.15, -0.1) is 0 Å². The van der Waals surface area contributed by atoms with Gasteiger partial charge in [0, 0.05) is 12.7 Å². The van der Waals surface area contributed by atoms with Crippen LogP contribution in [0.15, 0.2) is 30.5 Å². The van der Waals surface area contributed by atoms with Gasteiger partial charge in [0.25, 0.3) is 0 Å². The molecular formula is C12H12N2O2S. The number of aromatic carboxylic acids is 1. The van der Waals surface area contributed by atoms with Crippen LogP contribution in [0.25, 0.3) is 0 Å². The lowest BCUT2D eigenvalue weighted by molar-refractivity contribution is 0.0702. The third kappa shape index (κ3) is 2.45. The Morgan fingerprint density at radius 3 is 2.82 bits per heavy atom. The summed E-state index contributed by atoms with van der Waals surface area (Å²) in [5.74, 6) is -0.939. The zero-order valence-corrected chi connectivity index (χ0v) is 10.4. The highest BCUT2D eigenvalue weighted by atomic mass is 32.1. The van der Waals surface area contributed by atoms with E-state index in [0.717, 1.165) is 11.3 Å². The number of benzene rings is 1. The quantitative estimate of drug-likeness (QED) is 0.907. The minimum absolute atomic E-state index is 0.250. The summed E-state index contributed by atoms with van der Waals surface area (Å²) in [5.41, 5.74) is 2.15. The van der Waals surface area contributed by atoms with Gasteiger partial charge in [-0.25, -0.2) is 9.78 Å². The number of carboxylic acids is 1. The van der Waals surface area contributed by atoms with Gasteiger partial charge >= 0.3 is 5.97 Å². The number of hydrogen-bond acceptors (Lipinski definition) is 4. The Morgan fingerprint density at radius 1 is 1.47 bits per heavy atom. The minimum Gasteiger partial charge on any atom is -0.477 e. The predicted octanol–water partition coefficient (Wildman–Crippen LogP) is 2.92. The van der Waals surface area contributed by atoms with Crippen LogP contribution in [0.2, 0.25) is 0 Å². The summed E-state index contributed by atoms with van der Waals surface area (Å²) < 4.78 is 0. The van der Waals surface area contributed by atoms with Gasteiger partial charge in [0.05, 0.1) is 6.20 Å². The monoisotopic (exact) mass is 248 g/mol. The lowest BCUT2D eigenvalue weighted by Gasteiger charge is -2.15. The highest BCUT2D eigenvalue weighted by Crippen LogP contribution is 2.28. The van der Waals surface area contributed by atoms with Crippen LogP contribution in [-0.4, -0.2) is 23.1 Å². The van der Waals surface area contributed by atoms with Crippen molar-refractivity contribution in [3.05, 3.63) is 40.9 Å². The second kappa shape index (κ2) is 4.55. The van der Waals surface area contributed by atoms with E-state index in [4.69, 9.17) is 5.11 Å². The molecule has 1 heterocycles. The van der Waals surface area contributed by atoms with E-state index in [1.807, 2.05) is 43.1 Å². The smallest absolute Gasteiger partial charge is 0.347 e. The zero-order valence-electron chi connectivity index (χ0n) is 9.54. The molecule has 0 amide bonds. The molecule has 1 aromatic carbocycles. The molecule has 0 unspecified atom stereocenters. The topological polar surface area (TPSA) is 53.4 Å². The predicted molar refractivity (Wildman–Crippen MR) is 68.3 cm³/mol. The molecule has 2 rings (SSSR count). The largest absolute Gasteiger partial charge is 0.477 e. The average molecular weight is 248 g/mol. The molecule has 1 aromatic heterocycles. The molecule has 0 saturated carbocycles. The normalized spacial score (nSPS) is 10.2. The van der Waals surface area contributed by atoms with Gasteiger partial charge in [0.15, 0.2) is 5.13 Å². The van der Waals surface area contributed by atoms with Gasteiger partial charge < -0.3 is 10.0 Å². The van der Waals surface area contributed by atoms with Gasteiger partial charge in [0.2, 0.25) is 0 Å². The highest BCUT2D eigenvalue weighted by molar-refractivity contribution is 7.17. The fourth-order valence-electron chi connectivity index (χ4n) is 1.47. The van der Waals surface area contributed by atoms with Crippen molar-refractivity contribution < 1.29 is 9.90 Å². The van der Waals surface area contributed by atoms with E-state index < -0.39 is 5.97 Å². The molecule has 0 fully saturated rings. The number of thiazole rings is 1. The third-order valence-corrected chi connectivity index (χ3v) is 3.44. The van der Waals surface area contributed by atoms with Gasteiger partial charge in [-0.3, -0.25) is 0 Å². The van der Waals surface area contributed by atoms with E-state index in [0.29, 0.717) is 5.13 Å². The molecule has 0 saturated heterocycles. The number of aryl methyl sites for hydroxylation is 1. The van der Waals surface area contributed by atoms with Crippen LogP contribution in [0.1, 0.15) is 15.2 Å². The first-order valence-electron chi connectivity index (χ1n) is 5.07. The van der Waals surface area contributed by atoms with E-state index in [1.54, 1.807) is 0 Å². The number of anilines is 2. The molecule has 17 heavy (non-hydrogen) atoms. The summed E-state index contributed by atoms with van der Waals surface area (Å²) in [6, 6.07) is 7.98.